The maximum atomic E-state index is 12.4. The second-order valence-electron chi connectivity index (χ2n) is 4.71. The van der Waals surface area contributed by atoms with Gasteiger partial charge in [-0.1, -0.05) is 11.6 Å². The zero-order chi connectivity index (χ0) is 18.8. The van der Waals surface area contributed by atoms with Crippen LogP contribution in [0.2, 0.25) is 5.02 Å². The molecule has 0 unspecified atom stereocenters. The van der Waals surface area contributed by atoms with Crippen molar-refractivity contribution in [3.8, 4) is 0 Å². The molecule has 2 aromatic carbocycles. The lowest BCUT2D eigenvalue weighted by atomic mass is 10.2. The number of sulfone groups is 1. The summed E-state index contributed by atoms with van der Waals surface area (Å²) in [6.07, 6.45) is 0. The van der Waals surface area contributed by atoms with Crippen LogP contribution in [0.1, 0.15) is 10.4 Å². The number of amides is 1. The van der Waals surface area contributed by atoms with Crippen molar-refractivity contribution < 1.29 is 26.9 Å². The van der Waals surface area contributed by atoms with Gasteiger partial charge in [0.25, 0.3) is 11.6 Å². The third-order valence-electron chi connectivity index (χ3n) is 3.08. The van der Waals surface area contributed by atoms with Gasteiger partial charge < -0.3 is 5.32 Å². The molecular formula is C14H9ClF2N2O5S. The van der Waals surface area contributed by atoms with Crippen LogP contribution in [0, 0.1) is 10.1 Å². The van der Waals surface area contributed by atoms with Crippen molar-refractivity contribution in [1.29, 1.82) is 0 Å². The average molecular weight is 391 g/mol. The van der Waals surface area contributed by atoms with Gasteiger partial charge in [0.1, 0.15) is 5.02 Å². The maximum absolute atomic E-state index is 12.4. The molecule has 11 heteroatoms. The first-order valence-electron chi connectivity index (χ1n) is 6.50. The number of hydrogen-bond acceptors (Lipinski definition) is 5. The number of nitro groups is 1. The minimum atomic E-state index is -4.75. The number of rotatable bonds is 5. The topological polar surface area (TPSA) is 106 Å². The fourth-order valence-electron chi connectivity index (χ4n) is 1.83. The first-order chi connectivity index (χ1) is 11.6. The van der Waals surface area contributed by atoms with Gasteiger partial charge in [0.15, 0.2) is 0 Å². The van der Waals surface area contributed by atoms with Gasteiger partial charge in [0.2, 0.25) is 9.84 Å². The number of carbonyl (C=O) groups excluding carboxylic acids is 1. The summed E-state index contributed by atoms with van der Waals surface area (Å²) >= 11 is 5.66. The molecule has 0 aliphatic rings. The Labute approximate surface area is 145 Å². The summed E-state index contributed by atoms with van der Waals surface area (Å²) in [6, 6.07) is 7.47. The molecule has 0 saturated heterocycles. The van der Waals surface area contributed by atoms with E-state index in [1.807, 2.05) is 0 Å². The van der Waals surface area contributed by atoms with Gasteiger partial charge in [-0.25, -0.2) is 8.42 Å². The largest absolute Gasteiger partial charge is 0.341 e. The van der Waals surface area contributed by atoms with E-state index >= 15 is 0 Å². The van der Waals surface area contributed by atoms with E-state index in [-0.39, 0.29) is 16.3 Å². The summed E-state index contributed by atoms with van der Waals surface area (Å²) in [7, 11) is -4.75. The maximum Gasteiger partial charge on any atom is 0.341 e. The first kappa shape index (κ1) is 18.7. The second-order valence-corrected chi connectivity index (χ2v) is 7.03. The number of carbonyl (C=O) groups is 1. The van der Waals surface area contributed by atoms with E-state index < -0.39 is 37.0 Å². The van der Waals surface area contributed by atoms with Crippen LogP contribution in [-0.4, -0.2) is 25.0 Å². The third-order valence-corrected chi connectivity index (χ3v) is 4.80. The molecule has 1 N–H and O–H groups in total. The van der Waals surface area contributed by atoms with Gasteiger partial charge in [-0.3, -0.25) is 14.9 Å². The molecule has 1 amide bonds. The van der Waals surface area contributed by atoms with Crippen molar-refractivity contribution in [2.24, 2.45) is 0 Å². The van der Waals surface area contributed by atoms with E-state index in [0.29, 0.717) is 0 Å². The number of benzene rings is 2. The highest BCUT2D eigenvalue weighted by Crippen LogP contribution is 2.27. The number of alkyl halides is 2. The summed E-state index contributed by atoms with van der Waals surface area (Å²) in [5.41, 5.74) is -0.339. The highest BCUT2D eigenvalue weighted by molar-refractivity contribution is 7.91. The molecule has 0 heterocycles. The molecule has 0 atom stereocenters. The molecule has 0 bridgehead atoms. The van der Waals surface area contributed by atoms with Crippen LogP contribution in [0.3, 0.4) is 0 Å². The Morgan fingerprint density at radius 1 is 1.16 bits per heavy atom. The van der Waals surface area contributed by atoms with Crippen LogP contribution in [0.4, 0.5) is 20.2 Å². The van der Waals surface area contributed by atoms with E-state index in [1.54, 1.807) is 0 Å². The number of hydrogen-bond donors (Lipinski definition) is 1. The first-order valence-corrected chi connectivity index (χ1v) is 8.43. The molecule has 25 heavy (non-hydrogen) atoms. The third kappa shape index (κ3) is 4.09. The molecule has 2 aromatic rings. The fraction of sp³-hybridized carbons (Fsp3) is 0.0714. The van der Waals surface area contributed by atoms with E-state index in [2.05, 4.69) is 5.32 Å². The summed E-state index contributed by atoms with van der Waals surface area (Å²) in [5.74, 6) is -4.28. The highest BCUT2D eigenvalue weighted by atomic mass is 35.5. The molecule has 0 fully saturated rings. The van der Waals surface area contributed by atoms with Crippen LogP contribution in [0.25, 0.3) is 0 Å². The van der Waals surface area contributed by atoms with Crippen LogP contribution < -0.4 is 5.32 Å². The SMILES string of the molecule is O=C(Nc1ccc(Cl)c([N+](=O)[O-])c1)c1ccc(S(=O)(=O)C(F)F)cc1. The van der Waals surface area contributed by atoms with Crippen LogP contribution >= 0.6 is 11.6 Å². The monoisotopic (exact) mass is 390 g/mol. The molecule has 0 radical (unpaired) electrons. The predicted molar refractivity (Wildman–Crippen MR) is 85.7 cm³/mol. The Balaban J connectivity index is 2.22. The average Bonchev–Trinajstić information content (AvgIpc) is 2.56. The standard InChI is InChI=1S/C14H9ClF2N2O5S/c15-11-6-3-9(7-12(11)19(21)22)18-13(20)8-1-4-10(5-2-8)25(23,24)14(16)17/h1-7,14H,(H,18,20). The lowest BCUT2D eigenvalue weighted by Crippen LogP contribution is -2.14. The van der Waals surface area contributed by atoms with Gasteiger partial charge in [-0.2, -0.15) is 8.78 Å². The Kier molecular flexibility index (Phi) is 5.33. The molecular weight excluding hydrogens is 382 g/mol. The summed E-state index contributed by atoms with van der Waals surface area (Å²) in [4.78, 5) is 21.5. The number of anilines is 1. The Morgan fingerprint density at radius 2 is 1.76 bits per heavy atom. The Bertz CT molecular complexity index is 933. The quantitative estimate of drug-likeness (QED) is 0.621. The molecule has 0 spiro atoms. The van der Waals surface area contributed by atoms with Crippen LogP contribution in [0.15, 0.2) is 47.4 Å². The Morgan fingerprint density at radius 3 is 2.28 bits per heavy atom. The minimum absolute atomic E-state index is 0.0224. The number of nitro benzene ring substituents is 1. The highest BCUT2D eigenvalue weighted by Gasteiger charge is 2.26. The predicted octanol–water partition coefficient (Wildman–Crippen LogP) is 3.50. The second kappa shape index (κ2) is 7.11. The molecule has 0 saturated carbocycles. The van der Waals surface area contributed by atoms with E-state index in [4.69, 9.17) is 11.6 Å². The zero-order valence-corrected chi connectivity index (χ0v) is 13.7. The van der Waals surface area contributed by atoms with Crippen molar-refractivity contribution >= 4 is 38.7 Å². The zero-order valence-electron chi connectivity index (χ0n) is 12.1. The molecule has 132 valence electrons. The number of nitrogens with one attached hydrogen (secondary N) is 1. The van der Waals surface area contributed by atoms with Crippen LogP contribution in [-0.2, 0) is 9.84 Å². The summed E-state index contributed by atoms with van der Waals surface area (Å²) in [5, 5.41) is 13.1. The van der Waals surface area contributed by atoms with Crippen molar-refractivity contribution in [3.63, 3.8) is 0 Å². The Hall–Kier alpha value is -2.59. The fourth-order valence-corrected chi connectivity index (χ4v) is 2.74. The number of nitrogens with zero attached hydrogens (tertiary/aromatic N) is 1. The lowest BCUT2D eigenvalue weighted by molar-refractivity contribution is -0.384. The van der Waals surface area contributed by atoms with Gasteiger partial charge in [-0.05, 0) is 36.4 Å². The van der Waals surface area contributed by atoms with E-state index in [1.165, 1.54) is 12.1 Å². The normalized spacial score (nSPS) is 11.4. The minimum Gasteiger partial charge on any atom is -0.322 e. The van der Waals surface area contributed by atoms with E-state index in [9.17, 15) is 32.1 Å². The number of halogens is 3. The lowest BCUT2D eigenvalue weighted by Gasteiger charge is -2.07. The van der Waals surface area contributed by atoms with Gasteiger partial charge in [0, 0.05) is 17.3 Å². The summed E-state index contributed by atoms with van der Waals surface area (Å²) < 4.78 is 47.5. The molecule has 0 aliphatic carbocycles. The molecule has 2 rings (SSSR count). The molecule has 0 aromatic heterocycles. The van der Waals surface area contributed by atoms with Crippen LogP contribution in [0.5, 0.6) is 0 Å². The van der Waals surface area contributed by atoms with Crippen molar-refractivity contribution in [2.75, 3.05) is 5.32 Å². The van der Waals surface area contributed by atoms with Crippen molar-refractivity contribution in [2.45, 2.75) is 10.7 Å². The molecule has 7 nitrogen and oxygen atoms in total. The smallest absolute Gasteiger partial charge is 0.322 e. The van der Waals surface area contributed by atoms with E-state index in [0.717, 1.165) is 30.3 Å². The van der Waals surface area contributed by atoms with Gasteiger partial charge in [0.05, 0.1) is 9.82 Å². The summed E-state index contributed by atoms with van der Waals surface area (Å²) in [6.45, 7) is 0. The van der Waals surface area contributed by atoms with Crippen molar-refractivity contribution in [1.82, 2.24) is 0 Å². The van der Waals surface area contributed by atoms with Crippen molar-refractivity contribution in [3.05, 3.63) is 63.2 Å². The van der Waals surface area contributed by atoms with Gasteiger partial charge >= 0.3 is 5.76 Å². The molecule has 0 aliphatic heterocycles. The van der Waals surface area contributed by atoms with Gasteiger partial charge in [-0.15, -0.1) is 0 Å².